The fraction of sp³-hybridized carbons (Fsp3) is 0.769. The molecule has 0 bridgehead atoms. The summed E-state index contributed by atoms with van der Waals surface area (Å²) >= 11 is 0. The van der Waals surface area contributed by atoms with Crippen molar-refractivity contribution < 1.29 is 4.79 Å². The highest BCUT2D eigenvalue weighted by Gasteiger charge is 2.14. The monoisotopic (exact) mass is 209 g/mol. The van der Waals surface area contributed by atoms with Gasteiger partial charge in [-0.3, -0.25) is 4.79 Å². The molecular formula is C13H23NO. The molecule has 0 spiro atoms. The van der Waals surface area contributed by atoms with Gasteiger partial charge in [0.2, 0.25) is 5.91 Å². The van der Waals surface area contributed by atoms with Crippen LogP contribution in [0.4, 0.5) is 0 Å². The van der Waals surface area contributed by atoms with Crippen LogP contribution in [0.1, 0.15) is 52.9 Å². The summed E-state index contributed by atoms with van der Waals surface area (Å²) < 4.78 is 0. The Morgan fingerprint density at radius 2 is 1.80 bits per heavy atom. The van der Waals surface area contributed by atoms with Crippen LogP contribution in [-0.2, 0) is 4.79 Å². The molecule has 0 atom stereocenters. The third-order valence-corrected chi connectivity index (χ3v) is 2.69. The molecule has 2 heteroatoms. The maximum atomic E-state index is 11.6. The smallest absolute Gasteiger partial charge is 0.243 e. The highest BCUT2D eigenvalue weighted by molar-refractivity contribution is 5.87. The number of hydrogen-bond donors (Lipinski definition) is 1. The average Bonchev–Trinajstić information content (AvgIpc) is 2.15. The van der Waals surface area contributed by atoms with Gasteiger partial charge in [0.1, 0.15) is 0 Å². The zero-order chi connectivity index (χ0) is 11.3. The van der Waals surface area contributed by atoms with Crippen molar-refractivity contribution in [3.8, 4) is 0 Å². The molecule has 1 aliphatic carbocycles. The maximum absolute atomic E-state index is 11.6. The Kier molecular flexibility index (Phi) is 4.37. The van der Waals surface area contributed by atoms with Crippen molar-refractivity contribution in [3.63, 3.8) is 0 Å². The molecule has 0 aliphatic heterocycles. The Balaban J connectivity index is 2.32. The normalized spacial score (nSPS) is 19.4. The Hall–Kier alpha value is -0.790. The number of carbonyl (C=O) groups is 1. The van der Waals surface area contributed by atoms with Crippen LogP contribution < -0.4 is 5.32 Å². The first-order chi connectivity index (χ1) is 6.97. The summed E-state index contributed by atoms with van der Waals surface area (Å²) in [5, 5.41) is 3.07. The van der Waals surface area contributed by atoms with Crippen molar-refractivity contribution in [1.82, 2.24) is 5.32 Å². The number of hydrogen-bond acceptors (Lipinski definition) is 1. The molecule has 0 radical (unpaired) electrons. The van der Waals surface area contributed by atoms with E-state index in [0.717, 1.165) is 12.8 Å². The molecule has 2 nitrogen and oxygen atoms in total. The first-order valence-corrected chi connectivity index (χ1v) is 5.97. The molecule has 1 aliphatic rings. The van der Waals surface area contributed by atoms with Crippen molar-refractivity contribution in [2.75, 3.05) is 0 Å². The Labute approximate surface area is 93.1 Å². The molecule has 0 aromatic heterocycles. The van der Waals surface area contributed by atoms with E-state index in [4.69, 9.17) is 0 Å². The summed E-state index contributed by atoms with van der Waals surface area (Å²) in [6.45, 7) is 6.28. The van der Waals surface area contributed by atoms with Gasteiger partial charge >= 0.3 is 0 Å². The van der Waals surface area contributed by atoms with E-state index in [1.165, 1.54) is 19.3 Å². The van der Waals surface area contributed by atoms with Crippen LogP contribution in [0.15, 0.2) is 12.2 Å². The summed E-state index contributed by atoms with van der Waals surface area (Å²) in [5.41, 5.74) is 0.0872. The van der Waals surface area contributed by atoms with Crippen LogP contribution in [0.25, 0.3) is 0 Å². The van der Waals surface area contributed by atoms with Gasteiger partial charge in [-0.1, -0.05) is 46.1 Å². The van der Waals surface area contributed by atoms with E-state index in [9.17, 15) is 4.79 Å². The van der Waals surface area contributed by atoms with E-state index < -0.39 is 0 Å². The molecule has 1 N–H and O–H groups in total. The predicted octanol–water partition coefficient (Wildman–Crippen LogP) is 3.04. The number of carbonyl (C=O) groups excluding carboxylic acids is 1. The maximum Gasteiger partial charge on any atom is 0.243 e. The molecule has 1 fully saturated rings. The number of rotatable bonds is 2. The lowest BCUT2D eigenvalue weighted by Crippen LogP contribution is -2.35. The van der Waals surface area contributed by atoms with E-state index in [1.807, 2.05) is 6.08 Å². The van der Waals surface area contributed by atoms with E-state index >= 15 is 0 Å². The molecule has 0 aromatic carbocycles. The van der Waals surface area contributed by atoms with Crippen molar-refractivity contribution in [3.05, 3.63) is 12.2 Å². The van der Waals surface area contributed by atoms with Crippen LogP contribution >= 0.6 is 0 Å². The third kappa shape index (κ3) is 5.60. The van der Waals surface area contributed by atoms with Crippen molar-refractivity contribution in [2.24, 2.45) is 5.41 Å². The van der Waals surface area contributed by atoms with E-state index in [2.05, 4.69) is 26.1 Å². The lowest BCUT2D eigenvalue weighted by atomic mass is 9.95. The molecule has 0 saturated heterocycles. The van der Waals surface area contributed by atoms with Gasteiger partial charge in [-0.05, 0) is 24.3 Å². The number of amides is 1. The summed E-state index contributed by atoms with van der Waals surface area (Å²) in [6.07, 6.45) is 9.77. The second-order valence-electron chi connectivity index (χ2n) is 5.54. The highest BCUT2D eigenvalue weighted by atomic mass is 16.1. The zero-order valence-corrected chi connectivity index (χ0v) is 10.2. The van der Waals surface area contributed by atoms with E-state index in [-0.39, 0.29) is 11.3 Å². The van der Waals surface area contributed by atoms with Gasteiger partial charge in [-0.2, -0.15) is 0 Å². The van der Waals surface area contributed by atoms with Crippen LogP contribution in [-0.4, -0.2) is 11.9 Å². The van der Waals surface area contributed by atoms with Crippen LogP contribution in [0.3, 0.4) is 0 Å². The van der Waals surface area contributed by atoms with Gasteiger partial charge < -0.3 is 5.32 Å². The molecule has 15 heavy (non-hydrogen) atoms. The summed E-state index contributed by atoms with van der Waals surface area (Å²) in [4.78, 5) is 11.6. The topological polar surface area (TPSA) is 29.1 Å². The summed E-state index contributed by atoms with van der Waals surface area (Å²) in [5.74, 6) is 0.0665. The highest BCUT2D eigenvalue weighted by Crippen LogP contribution is 2.18. The molecule has 1 rings (SSSR count). The fourth-order valence-electron chi connectivity index (χ4n) is 1.82. The third-order valence-electron chi connectivity index (χ3n) is 2.69. The average molecular weight is 209 g/mol. The molecule has 0 heterocycles. The molecular weight excluding hydrogens is 186 g/mol. The van der Waals surface area contributed by atoms with Gasteiger partial charge in [0, 0.05) is 6.04 Å². The first kappa shape index (κ1) is 12.3. The largest absolute Gasteiger partial charge is 0.350 e. The Morgan fingerprint density at radius 3 is 2.33 bits per heavy atom. The lowest BCUT2D eigenvalue weighted by molar-refractivity contribution is -0.117. The number of nitrogens with one attached hydrogen (secondary N) is 1. The predicted molar refractivity (Wildman–Crippen MR) is 63.6 cm³/mol. The minimum Gasteiger partial charge on any atom is -0.350 e. The zero-order valence-electron chi connectivity index (χ0n) is 10.2. The fourth-order valence-corrected chi connectivity index (χ4v) is 1.82. The molecule has 1 saturated carbocycles. The standard InChI is InChI=1S/C13H23NO/c1-13(2,3)10-9-12(15)14-11-7-5-4-6-8-11/h9-11H,4-8H2,1-3H3,(H,14,15)/b10-9+. The quantitative estimate of drug-likeness (QED) is 0.696. The SMILES string of the molecule is CC(C)(C)/C=C/C(=O)NC1CCCCC1. The minimum atomic E-state index is 0.0665. The van der Waals surface area contributed by atoms with Gasteiger partial charge in [-0.25, -0.2) is 0 Å². The van der Waals surface area contributed by atoms with Crippen LogP contribution in [0.5, 0.6) is 0 Å². The summed E-state index contributed by atoms with van der Waals surface area (Å²) in [7, 11) is 0. The Morgan fingerprint density at radius 1 is 1.20 bits per heavy atom. The minimum absolute atomic E-state index is 0.0665. The molecule has 0 aromatic rings. The van der Waals surface area contributed by atoms with E-state index in [0.29, 0.717) is 6.04 Å². The van der Waals surface area contributed by atoms with E-state index in [1.54, 1.807) is 6.08 Å². The van der Waals surface area contributed by atoms with Gasteiger partial charge in [0.25, 0.3) is 0 Å². The molecule has 86 valence electrons. The lowest BCUT2D eigenvalue weighted by Gasteiger charge is -2.22. The first-order valence-electron chi connectivity index (χ1n) is 5.97. The van der Waals surface area contributed by atoms with Crippen LogP contribution in [0, 0.1) is 5.41 Å². The second-order valence-corrected chi connectivity index (χ2v) is 5.54. The van der Waals surface area contributed by atoms with Gasteiger partial charge in [-0.15, -0.1) is 0 Å². The second kappa shape index (κ2) is 5.34. The Bertz CT molecular complexity index is 231. The van der Waals surface area contributed by atoms with Crippen molar-refractivity contribution in [1.29, 1.82) is 0 Å². The van der Waals surface area contributed by atoms with Gasteiger partial charge in [0.15, 0.2) is 0 Å². The molecule has 1 amide bonds. The summed E-state index contributed by atoms with van der Waals surface area (Å²) in [6, 6.07) is 0.413. The van der Waals surface area contributed by atoms with Crippen LogP contribution in [0.2, 0.25) is 0 Å². The van der Waals surface area contributed by atoms with Crippen molar-refractivity contribution in [2.45, 2.75) is 58.9 Å². The molecule has 0 unspecified atom stereocenters. The number of allylic oxidation sites excluding steroid dienone is 1. The van der Waals surface area contributed by atoms with Gasteiger partial charge in [0.05, 0.1) is 0 Å². The van der Waals surface area contributed by atoms with Crippen molar-refractivity contribution >= 4 is 5.91 Å².